The molecule has 1 amide bonds. The van der Waals surface area contributed by atoms with Gasteiger partial charge in [-0.25, -0.2) is 12.7 Å². The van der Waals surface area contributed by atoms with Gasteiger partial charge in [-0.2, -0.15) is 0 Å². The number of carbonyl (C=O) groups excluding carboxylic acids is 1. The highest BCUT2D eigenvalue weighted by molar-refractivity contribution is 7.89. The molecular weight excluding hydrogens is 416 g/mol. The molecule has 0 radical (unpaired) electrons. The van der Waals surface area contributed by atoms with Gasteiger partial charge in [-0.3, -0.25) is 9.78 Å². The second kappa shape index (κ2) is 10.0. The van der Waals surface area contributed by atoms with E-state index in [1.54, 1.807) is 36.7 Å². The van der Waals surface area contributed by atoms with E-state index in [-0.39, 0.29) is 10.8 Å². The van der Waals surface area contributed by atoms with E-state index < -0.39 is 10.0 Å². The number of ether oxygens (including phenoxy) is 1. The van der Waals surface area contributed by atoms with Crippen LogP contribution in [0, 0.1) is 0 Å². The van der Waals surface area contributed by atoms with E-state index in [2.05, 4.69) is 10.3 Å². The third-order valence-electron chi connectivity index (χ3n) is 4.93. The maximum atomic E-state index is 12.9. The van der Waals surface area contributed by atoms with Crippen molar-refractivity contribution in [2.24, 2.45) is 0 Å². The molecule has 31 heavy (non-hydrogen) atoms. The van der Waals surface area contributed by atoms with Gasteiger partial charge >= 0.3 is 0 Å². The van der Waals surface area contributed by atoms with Gasteiger partial charge in [-0.15, -0.1) is 0 Å². The fourth-order valence-electron chi connectivity index (χ4n) is 3.26. The lowest BCUT2D eigenvalue weighted by Gasteiger charge is -2.13. The van der Waals surface area contributed by atoms with E-state index in [1.165, 1.54) is 18.4 Å². The van der Waals surface area contributed by atoms with Crippen molar-refractivity contribution in [2.75, 3.05) is 33.9 Å². The van der Waals surface area contributed by atoms with Crippen molar-refractivity contribution in [1.29, 1.82) is 0 Å². The van der Waals surface area contributed by atoms with Crippen LogP contribution in [0.1, 0.15) is 29.4 Å². The van der Waals surface area contributed by atoms with Crippen LogP contribution in [0.3, 0.4) is 0 Å². The van der Waals surface area contributed by atoms with Gasteiger partial charge in [0.05, 0.1) is 4.90 Å². The van der Waals surface area contributed by atoms with E-state index in [1.807, 2.05) is 23.6 Å². The summed E-state index contributed by atoms with van der Waals surface area (Å²) in [4.78, 5) is 17.2. The zero-order chi connectivity index (χ0) is 22.4. The molecule has 0 saturated carbocycles. The number of amides is 1. The minimum atomic E-state index is -3.57. The van der Waals surface area contributed by atoms with Crippen LogP contribution in [0.15, 0.2) is 53.7 Å². The quantitative estimate of drug-likeness (QED) is 0.485. The van der Waals surface area contributed by atoms with Crippen molar-refractivity contribution >= 4 is 26.8 Å². The molecule has 8 nitrogen and oxygen atoms in total. The van der Waals surface area contributed by atoms with Crippen LogP contribution in [0.25, 0.3) is 10.9 Å². The number of fused-ring (bicyclic) bond motifs is 1. The van der Waals surface area contributed by atoms with Crippen molar-refractivity contribution in [3.05, 3.63) is 60.0 Å². The summed E-state index contributed by atoms with van der Waals surface area (Å²) >= 11 is 0. The number of nitrogens with one attached hydrogen (secondary N) is 1. The monoisotopic (exact) mass is 444 g/mol. The third-order valence-corrected chi connectivity index (χ3v) is 6.74. The summed E-state index contributed by atoms with van der Waals surface area (Å²) in [6.45, 7) is 4.12. The van der Waals surface area contributed by atoms with Crippen molar-refractivity contribution in [3.8, 4) is 0 Å². The predicted octanol–water partition coefficient (Wildman–Crippen LogP) is 2.49. The molecule has 0 aliphatic heterocycles. The summed E-state index contributed by atoms with van der Waals surface area (Å²) in [7, 11) is -0.582. The molecule has 0 aliphatic carbocycles. The Morgan fingerprint density at radius 3 is 2.58 bits per heavy atom. The van der Waals surface area contributed by atoms with Crippen LogP contribution in [0.5, 0.6) is 0 Å². The average molecular weight is 445 g/mol. The molecule has 2 heterocycles. The number of aromatic nitrogens is 2. The number of hydrogen-bond acceptors (Lipinski definition) is 5. The van der Waals surface area contributed by atoms with Crippen LogP contribution in [0.4, 0.5) is 0 Å². The van der Waals surface area contributed by atoms with Gasteiger partial charge < -0.3 is 14.6 Å². The largest absolute Gasteiger partial charge is 0.382 e. The number of benzene rings is 1. The second-order valence-corrected chi connectivity index (χ2v) is 9.44. The lowest BCUT2D eigenvalue weighted by atomic mass is 10.2. The van der Waals surface area contributed by atoms with Crippen LogP contribution < -0.4 is 5.32 Å². The first-order valence-corrected chi connectivity index (χ1v) is 11.6. The first kappa shape index (κ1) is 22.9. The van der Waals surface area contributed by atoms with E-state index in [9.17, 15) is 13.2 Å². The molecule has 0 aliphatic rings. The standard InChI is InChI=1S/C22H28N4O4S/c1-4-30-13-5-10-24-22(27)21-15-18-14-19(31(28,29)25(2)3)6-7-20(18)26(21)16-17-8-11-23-12-9-17/h6-9,11-12,14-15H,4-5,10,13,16H2,1-3H3,(H,24,27). The molecule has 2 aromatic heterocycles. The summed E-state index contributed by atoms with van der Waals surface area (Å²) in [6.07, 6.45) is 4.13. The summed E-state index contributed by atoms with van der Waals surface area (Å²) in [5.74, 6) is -0.209. The first-order chi connectivity index (χ1) is 14.8. The van der Waals surface area contributed by atoms with Crippen LogP contribution >= 0.6 is 0 Å². The van der Waals surface area contributed by atoms with E-state index in [0.29, 0.717) is 37.4 Å². The average Bonchev–Trinajstić information content (AvgIpc) is 3.12. The molecule has 9 heteroatoms. The maximum Gasteiger partial charge on any atom is 0.267 e. The third kappa shape index (κ3) is 5.30. The summed E-state index contributed by atoms with van der Waals surface area (Å²) in [6, 6.07) is 10.5. The molecular formula is C22H28N4O4S. The Morgan fingerprint density at radius 2 is 1.90 bits per heavy atom. The van der Waals surface area contributed by atoms with Crippen LogP contribution in [-0.2, 0) is 21.3 Å². The Balaban J connectivity index is 1.97. The Bertz CT molecular complexity index is 1140. The fraction of sp³-hybridized carbons (Fsp3) is 0.364. The van der Waals surface area contributed by atoms with Crippen molar-refractivity contribution < 1.29 is 17.9 Å². The Hall–Kier alpha value is -2.75. The molecule has 0 saturated heterocycles. The smallest absolute Gasteiger partial charge is 0.267 e. The van der Waals surface area contributed by atoms with Crippen molar-refractivity contribution in [1.82, 2.24) is 19.2 Å². The molecule has 3 rings (SSSR count). The minimum Gasteiger partial charge on any atom is -0.382 e. The number of sulfonamides is 1. The summed E-state index contributed by atoms with van der Waals surface area (Å²) < 4.78 is 33.5. The van der Waals surface area contributed by atoms with E-state index in [0.717, 1.165) is 17.5 Å². The van der Waals surface area contributed by atoms with Gasteiger partial charge in [0.1, 0.15) is 5.69 Å². The molecule has 1 aromatic carbocycles. The minimum absolute atomic E-state index is 0.190. The van der Waals surface area contributed by atoms with Gasteiger partial charge in [0, 0.05) is 63.7 Å². The highest BCUT2D eigenvalue weighted by Crippen LogP contribution is 2.25. The van der Waals surface area contributed by atoms with Crippen molar-refractivity contribution in [3.63, 3.8) is 0 Å². The van der Waals surface area contributed by atoms with E-state index >= 15 is 0 Å². The number of nitrogens with zero attached hydrogens (tertiary/aromatic N) is 3. The molecule has 166 valence electrons. The number of hydrogen-bond donors (Lipinski definition) is 1. The van der Waals surface area contributed by atoms with E-state index in [4.69, 9.17) is 4.74 Å². The lowest BCUT2D eigenvalue weighted by Crippen LogP contribution is -2.27. The number of carbonyl (C=O) groups is 1. The Labute approximate surface area is 182 Å². The van der Waals surface area contributed by atoms with Gasteiger partial charge in [0.2, 0.25) is 10.0 Å². The normalized spacial score (nSPS) is 11.9. The van der Waals surface area contributed by atoms with Gasteiger partial charge in [0.25, 0.3) is 5.91 Å². The maximum absolute atomic E-state index is 12.9. The SMILES string of the molecule is CCOCCCNC(=O)c1cc2cc(S(=O)(=O)N(C)C)ccc2n1Cc1ccncc1. The topological polar surface area (TPSA) is 93.5 Å². The highest BCUT2D eigenvalue weighted by atomic mass is 32.2. The van der Waals surface area contributed by atoms with Crippen LogP contribution in [-0.4, -0.2) is 62.0 Å². The second-order valence-electron chi connectivity index (χ2n) is 7.29. The number of pyridine rings is 1. The highest BCUT2D eigenvalue weighted by Gasteiger charge is 2.21. The fourth-order valence-corrected chi connectivity index (χ4v) is 4.20. The summed E-state index contributed by atoms with van der Waals surface area (Å²) in [5, 5.41) is 3.62. The molecule has 0 unspecified atom stereocenters. The van der Waals surface area contributed by atoms with Crippen molar-refractivity contribution in [2.45, 2.75) is 24.8 Å². The molecule has 0 atom stereocenters. The Morgan fingerprint density at radius 1 is 1.16 bits per heavy atom. The van der Waals surface area contributed by atoms with Crippen LogP contribution in [0.2, 0.25) is 0 Å². The first-order valence-electron chi connectivity index (χ1n) is 10.1. The van der Waals surface area contributed by atoms with Gasteiger partial charge in [0.15, 0.2) is 0 Å². The van der Waals surface area contributed by atoms with Gasteiger partial charge in [-0.1, -0.05) is 0 Å². The predicted molar refractivity (Wildman–Crippen MR) is 120 cm³/mol. The zero-order valence-corrected chi connectivity index (χ0v) is 18.9. The summed E-state index contributed by atoms with van der Waals surface area (Å²) in [5.41, 5.74) is 2.25. The zero-order valence-electron chi connectivity index (χ0n) is 18.0. The molecule has 1 N–H and O–H groups in total. The molecule has 0 spiro atoms. The Kier molecular flexibility index (Phi) is 7.42. The molecule has 3 aromatic rings. The lowest BCUT2D eigenvalue weighted by molar-refractivity contribution is 0.0936. The molecule has 0 bridgehead atoms. The number of rotatable bonds is 10. The molecule has 0 fully saturated rings. The van der Waals surface area contributed by atoms with Gasteiger partial charge in [-0.05, 0) is 55.3 Å².